The number of fused-ring (bicyclic) bond motifs is 1. The Morgan fingerprint density at radius 2 is 1.88 bits per heavy atom. The number of hydrogen-bond acceptors (Lipinski definition) is 2. The number of para-hydroxylation sites is 1. The van der Waals surface area contributed by atoms with Crippen molar-refractivity contribution in [2.45, 2.75) is 39.3 Å². The lowest BCUT2D eigenvalue weighted by Crippen LogP contribution is -2.37. The third-order valence-corrected chi connectivity index (χ3v) is 2.52. The first-order chi connectivity index (χ1) is 7.46. The Hall–Kier alpha value is -1.28. The van der Waals surface area contributed by atoms with Gasteiger partial charge in [-0.25, -0.2) is 0 Å². The second kappa shape index (κ2) is 3.95. The summed E-state index contributed by atoms with van der Waals surface area (Å²) in [6.45, 7) is 8.60. The van der Waals surface area contributed by atoms with Crippen LogP contribution < -0.4 is 5.32 Å². The molecule has 1 N–H and O–H groups in total. The van der Waals surface area contributed by atoms with Crippen molar-refractivity contribution >= 4 is 11.0 Å². The van der Waals surface area contributed by atoms with E-state index in [1.165, 1.54) is 5.39 Å². The van der Waals surface area contributed by atoms with Crippen molar-refractivity contribution in [3.63, 3.8) is 0 Å². The molecule has 0 saturated heterocycles. The van der Waals surface area contributed by atoms with Gasteiger partial charge >= 0.3 is 0 Å². The van der Waals surface area contributed by atoms with Crippen LogP contribution >= 0.6 is 0 Å². The highest BCUT2D eigenvalue weighted by Crippen LogP contribution is 2.24. The van der Waals surface area contributed by atoms with Gasteiger partial charge in [0.15, 0.2) is 0 Å². The molecule has 86 valence electrons. The zero-order valence-corrected chi connectivity index (χ0v) is 10.4. The predicted octanol–water partition coefficient (Wildman–Crippen LogP) is 3.88. The molecule has 2 heteroatoms. The second-order valence-electron chi connectivity index (χ2n) is 5.30. The van der Waals surface area contributed by atoms with Crippen LogP contribution in [0.5, 0.6) is 0 Å². The molecule has 1 atom stereocenters. The van der Waals surface area contributed by atoms with Crippen molar-refractivity contribution in [1.82, 2.24) is 5.32 Å². The summed E-state index contributed by atoms with van der Waals surface area (Å²) < 4.78 is 5.81. The van der Waals surface area contributed by atoms with Gasteiger partial charge in [-0.2, -0.15) is 0 Å². The lowest BCUT2D eigenvalue weighted by atomic mass is 10.1. The molecule has 0 amide bonds. The highest BCUT2D eigenvalue weighted by molar-refractivity contribution is 5.77. The van der Waals surface area contributed by atoms with Crippen molar-refractivity contribution in [2.24, 2.45) is 0 Å². The fraction of sp³-hybridized carbons (Fsp3) is 0.429. The molecule has 0 spiro atoms. The molecule has 0 saturated carbocycles. The van der Waals surface area contributed by atoms with Gasteiger partial charge in [-0.3, -0.25) is 0 Å². The van der Waals surface area contributed by atoms with E-state index in [1.54, 1.807) is 0 Å². The average molecular weight is 217 g/mol. The quantitative estimate of drug-likeness (QED) is 0.825. The molecule has 0 aliphatic carbocycles. The Morgan fingerprint density at radius 1 is 1.19 bits per heavy atom. The van der Waals surface area contributed by atoms with E-state index in [-0.39, 0.29) is 11.6 Å². The van der Waals surface area contributed by atoms with Crippen LogP contribution in [-0.4, -0.2) is 5.54 Å². The number of benzene rings is 1. The van der Waals surface area contributed by atoms with Gasteiger partial charge in [0.1, 0.15) is 11.3 Å². The van der Waals surface area contributed by atoms with Crippen molar-refractivity contribution in [3.05, 3.63) is 36.1 Å². The van der Waals surface area contributed by atoms with E-state index >= 15 is 0 Å². The summed E-state index contributed by atoms with van der Waals surface area (Å²) in [5.41, 5.74) is 1.05. The summed E-state index contributed by atoms with van der Waals surface area (Å²) in [5.74, 6) is 0.996. The van der Waals surface area contributed by atoms with Crippen molar-refractivity contribution in [2.75, 3.05) is 0 Å². The largest absolute Gasteiger partial charge is 0.459 e. The third-order valence-electron chi connectivity index (χ3n) is 2.52. The molecule has 16 heavy (non-hydrogen) atoms. The molecule has 1 aromatic carbocycles. The van der Waals surface area contributed by atoms with Crippen molar-refractivity contribution < 1.29 is 4.42 Å². The van der Waals surface area contributed by atoms with Gasteiger partial charge in [-0.15, -0.1) is 0 Å². The Bertz CT molecular complexity index is 446. The summed E-state index contributed by atoms with van der Waals surface area (Å²) in [4.78, 5) is 0. The van der Waals surface area contributed by atoms with Crippen LogP contribution in [0.2, 0.25) is 0 Å². The number of furan rings is 1. The molecule has 2 nitrogen and oxygen atoms in total. The predicted molar refractivity (Wildman–Crippen MR) is 67.5 cm³/mol. The van der Waals surface area contributed by atoms with Gasteiger partial charge < -0.3 is 9.73 Å². The minimum Gasteiger partial charge on any atom is -0.459 e. The minimum atomic E-state index is 0.0956. The summed E-state index contributed by atoms with van der Waals surface area (Å²) in [5, 5.41) is 4.67. The molecular formula is C14H19NO. The lowest BCUT2D eigenvalue weighted by molar-refractivity contribution is 0.344. The van der Waals surface area contributed by atoms with Gasteiger partial charge in [0.2, 0.25) is 0 Å². The summed E-state index contributed by atoms with van der Waals surface area (Å²) in [7, 11) is 0. The topological polar surface area (TPSA) is 25.2 Å². The first kappa shape index (κ1) is 11.2. The van der Waals surface area contributed by atoms with Crippen LogP contribution in [0.15, 0.2) is 34.7 Å². The van der Waals surface area contributed by atoms with Gasteiger partial charge in [0.05, 0.1) is 6.04 Å². The number of hydrogen-bond donors (Lipinski definition) is 1. The molecule has 1 aromatic heterocycles. The molecule has 0 aliphatic rings. The fourth-order valence-electron chi connectivity index (χ4n) is 1.94. The van der Waals surface area contributed by atoms with E-state index in [1.807, 2.05) is 18.2 Å². The van der Waals surface area contributed by atoms with Crippen LogP contribution in [-0.2, 0) is 0 Å². The zero-order chi connectivity index (χ0) is 11.8. The van der Waals surface area contributed by atoms with Gasteiger partial charge in [0.25, 0.3) is 0 Å². The normalized spacial score (nSPS) is 14.2. The van der Waals surface area contributed by atoms with Gasteiger partial charge in [-0.1, -0.05) is 18.2 Å². The first-order valence-electron chi connectivity index (χ1n) is 5.72. The Balaban J connectivity index is 2.26. The maximum atomic E-state index is 5.81. The van der Waals surface area contributed by atoms with Gasteiger partial charge in [-0.05, 0) is 39.8 Å². The average Bonchev–Trinajstić information content (AvgIpc) is 2.58. The molecule has 1 heterocycles. The standard InChI is InChI=1S/C14H19NO/c1-10(15-14(2,3)4)13-9-11-7-5-6-8-12(11)16-13/h5-10,15H,1-4H3. The van der Waals surface area contributed by atoms with E-state index in [9.17, 15) is 0 Å². The maximum absolute atomic E-state index is 5.81. The summed E-state index contributed by atoms with van der Waals surface area (Å²) in [6, 6.07) is 10.4. The second-order valence-corrected chi connectivity index (χ2v) is 5.30. The highest BCUT2D eigenvalue weighted by Gasteiger charge is 2.17. The van der Waals surface area contributed by atoms with E-state index in [0.717, 1.165) is 11.3 Å². The molecule has 0 radical (unpaired) electrons. The summed E-state index contributed by atoms with van der Waals surface area (Å²) in [6.07, 6.45) is 0. The van der Waals surface area contributed by atoms with Crippen LogP contribution in [0.1, 0.15) is 39.5 Å². The third kappa shape index (κ3) is 2.45. The molecule has 2 aromatic rings. The van der Waals surface area contributed by atoms with Crippen molar-refractivity contribution in [1.29, 1.82) is 0 Å². The molecule has 1 unspecified atom stereocenters. The lowest BCUT2D eigenvalue weighted by Gasteiger charge is -2.24. The van der Waals surface area contributed by atoms with E-state index in [4.69, 9.17) is 4.42 Å². The molecule has 2 rings (SSSR count). The molecular weight excluding hydrogens is 198 g/mol. The molecule has 0 aliphatic heterocycles. The monoisotopic (exact) mass is 217 g/mol. The Kier molecular flexibility index (Phi) is 2.76. The zero-order valence-electron chi connectivity index (χ0n) is 10.4. The molecule has 0 fully saturated rings. The number of nitrogens with one attached hydrogen (secondary N) is 1. The van der Waals surface area contributed by atoms with E-state index in [2.05, 4.69) is 45.1 Å². The molecule has 0 bridgehead atoms. The fourth-order valence-corrected chi connectivity index (χ4v) is 1.94. The number of rotatable bonds is 2. The van der Waals surface area contributed by atoms with Crippen LogP contribution in [0, 0.1) is 0 Å². The smallest absolute Gasteiger partial charge is 0.134 e. The Morgan fingerprint density at radius 3 is 2.50 bits per heavy atom. The highest BCUT2D eigenvalue weighted by atomic mass is 16.3. The van der Waals surface area contributed by atoms with Crippen LogP contribution in [0.3, 0.4) is 0 Å². The Labute approximate surface area is 96.6 Å². The SMILES string of the molecule is CC(NC(C)(C)C)c1cc2ccccc2o1. The van der Waals surface area contributed by atoms with E-state index in [0.29, 0.717) is 0 Å². The first-order valence-corrected chi connectivity index (χ1v) is 5.72. The van der Waals surface area contributed by atoms with Crippen LogP contribution in [0.4, 0.5) is 0 Å². The van der Waals surface area contributed by atoms with Crippen LogP contribution in [0.25, 0.3) is 11.0 Å². The van der Waals surface area contributed by atoms with Gasteiger partial charge in [0, 0.05) is 10.9 Å². The summed E-state index contributed by atoms with van der Waals surface area (Å²) >= 11 is 0. The minimum absolute atomic E-state index is 0.0956. The maximum Gasteiger partial charge on any atom is 0.134 e. The van der Waals surface area contributed by atoms with Crippen molar-refractivity contribution in [3.8, 4) is 0 Å². The van der Waals surface area contributed by atoms with E-state index < -0.39 is 0 Å².